The Kier molecular flexibility index (Phi) is 3.50. The third kappa shape index (κ3) is 2.37. The van der Waals surface area contributed by atoms with Crippen LogP contribution >= 0.6 is 0 Å². The summed E-state index contributed by atoms with van der Waals surface area (Å²) in [6, 6.07) is 6.10. The summed E-state index contributed by atoms with van der Waals surface area (Å²) in [5, 5.41) is 10.5. The Morgan fingerprint density at radius 3 is 2.89 bits per heavy atom. The molecular formula is C16H22O3. The van der Waals surface area contributed by atoms with Gasteiger partial charge in [-0.2, -0.15) is 0 Å². The van der Waals surface area contributed by atoms with Crippen molar-refractivity contribution in [3.8, 4) is 5.75 Å². The van der Waals surface area contributed by atoms with Gasteiger partial charge in [0.15, 0.2) is 0 Å². The van der Waals surface area contributed by atoms with Gasteiger partial charge in [0.05, 0.1) is 18.3 Å². The summed E-state index contributed by atoms with van der Waals surface area (Å²) in [6.45, 7) is 0.756. The molecule has 0 saturated heterocycles. The SMILES string of the molecule is COC1(CC(O)c2cccc3c2OCCC3)CCC1. The van der Waals surface area contributed by atoms with Crippen molar-refractivity contribution in [3.63, 3.8) is 0 Å². The van der Waals surface area contributed by atoms with Crippen LogP contribution in [-0.4, -0.2) is 24.4 Å². The number of hydrogen-bond acceptors (Lipinski definition) is 3. The van der Waals surface area contributed by atoms with Crippen LogP contribution in [0.4, 0.5) is 0 Å². The highest BCUT2D eigenvalue weighted by Crippen LogP contribution is 2.44. The van der Waals surface area contributed by atoms with Crippen LogP contribution in [0.2, 0.25) is 0 Å². The predicted molar refractivity (Wildman–Crippen MR) is 73.4 cm³/mol. The highest BCUT2D eigenvalue weighted by molar-refractivity contribution is 5.44. The van der Waals surface area contributed by atoms with Crippen LogP contribution in [0.5, 0.6) is 5.75 Å². The van der Waals surface area contributed by atoms with E-state index in [-0.39, 0.29) is 5.60 Å². The Hall–Kier alpha value is -1.06. The number of fused-ring (bicyclic) bond motifs is 1. The first-order valence-electron chi connectivity index (χ1n) is 7.22. The van der Waals surface area contributed by atoms with E-state index in [0.29, 0.717) is 6.42 Å². The summed E-state index contributed by atoms with van der Waals surface area (Å²) in [7, 11) is 1.75. The fraction of sp³-hybridized carbons (Fsp3) is 0.625. The third-order valence-electron chi connectivity index (χ3n) is 4.59. The van der Waals surface area contributed by atoms with Crippen LogP contribution in [0.25, 0.3) is 0 Å². The molecule has 0 radical (unpaired) electrons. The van der Waals surface area contributed by atoms with Gasteiger partial charge < -0.3 is 14.6 Å². The van der Waals surface area contributed by atoms with E-state index in [1.165, 1.54) is 12.0 Å². The minimum absolute atomic E-state index is 0.114. The second-order valence-corrected chi connectivity index (χ2v) is 5.75. The maximum absolute atomic E-state index is 10.5. The minimum atomic E-state index is -0.492. The van der Waals surface area contributed by atoms with Gasteiger partial charge in [-0.25, -0.2) is 0 Å². The molecule has 0 bridgehead atoms. The fourth-order valence-electron chi connectivity index (χ4n) is 3.20. The van der Waals surface area contributed by atoms with Gasteiger partial charge in [0, 0.05) is 19.1 Å². The highest BCUT2D eigenvalue weighted by atomic mass is 16.5. The average molecular weight is 262 g/mol. The zero-order valence-electron chi connectivity index (χ0n) is 11.5. The Bertz CT molecular complexity index is 446. The zero-order valence-corrected chi connectivity index (χ0v) is 11.5. The van der Waals surface area contributed by atoms with Crippen molar-refractivity contribution < 1.29 is 14.6 Å². The number of para-hydroxylation sites is 1. The van der Waals surface area contributed by atoms with Gasteiger partial charge >= 0.3 is 0 Å². The first-order valence-corrected chi connectivity index (χ1v) is 7.22. The molecule has 2 aliphatic rings. The monoisotopic (exact) mass is 262 g/mol. The molecule has 3 heteroatoms. The fourth-order valence-corrected chi connectivity index (χ4v) is 3.20. The average Bonchev–Trinajstić information content (AvgIpc) is 2.42. The summed E-state index contributed by atoms with van der Waals surface area (Å²) in [5.74, 6) is 0.909. The molecule has 104 valence electrons. The lowest BCUT2D eigenvalue weighted by molar-refractivity contribution is -0.100. The molecule has 3 rings (SSSR count). The van der Waals surface area contributed by atoms with E-state index in [1.807, 2.05) is 12.1 Å². The number of hydrogen-bond donors (Lipinski definition) is 1. The number of ether oxygens (including phenoxy) is 2. The Balaban J connectivity index is 1.81. The van der Waals surface area contributed by atoms with Crippen molar-refractivity contribution >= 4 is 0 Å². The molecule has 1 unspecified atom stereocenters. The van der Waals surface area contributed by atoms with E-state index in [0.717, 1.165) is 43.6 Å². The highest BCUT2D eigenvalue weighted by Gasteiger charge is 2.39. The molecule has 1 aliphatic carbocycles. The molecule has 19 heavy (non-hydrogen) atoms. The molecule has 0 spiro atoms. The number of aryl methyl sites for hydroxylation is 1. The van der Waals surface area contributed by atoms with Crippen molar-refractivity contribution in [2.75, 3.05) is 13.7 Å². The van der Waals surface area contributed by atoms with E-state index in [1.54, 1.807) is 7.11 Å². The molecule has 1 fully saturated rings. The van der Waals surface area contributed by atoms with Crippen molar-refractivity contribution in [2.24, 2.45) is 0 Å². The number of methoxy groups -OCH3 is 1. The molecular weight excluding hydrogens is 240 g/mol. The van der Waals surface area contributed by atoms with Gasteiger partial charge in [0.2, 0.25) is 0 Å². The number of benzene rings is 1. The second kappa shape index (κ2) is 5.14. The smallest absolute Gasteiger partial charge is 0.128 e. The van der Waals surface area contributed by atoms with Gasteiger partial charge in [-0.3, -0.25) is 0 Å². The van der Waals surface area contributed by atoms with E-state index in [2.05, 4.69) is 6.07 Å². The second-order valence-electron chi connectivity index (χ2n) is 5.75. The number of aliphatic hydroxyl groups excluding tert-OH is 1. The molecule has 1 aromatic rings. The van der Waals surface area contributed by atoms with Crippen molar-refractivity contribution in [1.29, 1.82) is 0 Å². The molecule has 1 aromatic carbocycles. The van der Waals surface area contributed by atoms with E-state index in [4.69, 9.17) is 9.47 Å². The Labute approximate surface area is 114 Å². The largest absolute Gasteiger partial charge is 0.493 e. The lowest BCUT2D eigenvalue weighted by Gasteiger charge is -2.42. The van der Waals surface area contributed by atoms with Gasteiger partial charge in [0.25, 0.3) is 0 Å². The van der Waals surface area contributed by atoms with Gasteiger partial charge in [-0.1, -0.05) is 18.2 Å². The molecule has 1 atom stereocenters. The first kappa shape index (κ1) is 12.9. The molecule has 1 N–H and O–H groups in total. The van der Waals surface area contributed by atoms with Crippen molar-refractivity contribution in [2.45, 2.75) is 50.2 Å². The first-order chi connectivity index (χ1) is 9.24. The maximum atomic E-state index is 10.5. The number of rotatable bonds is 4. The summed E-state index contributed by atoms with van der Waals surface area (Å²) >= 11 is 0. The van der Waals surface area contributed by atoms with Crippen LogP contribution in [0, 0.1) is 0 Å². The molecule has 1 heterocycles. The molecule has 0 aromatic heterocycles. The zero-order chi connectivity index (χ0) is 13.3. The lowest BCUT2D eigenvalue weighted by atomic mass is 9.75. The van der Waals surface area contributed by atoms with E-state index < -0.39 is 6.10 Å². The maximum Gasteiger partial charge on any atom is 0.128 e. The van der Waals surface area contributed by atoms with Crippen LogP contribution in [0.15, 0.2) is 18.2 Å². The van der Waals surface area contributed by atoms with Crippen LogP contribution < -0.4 is 4.74 Å². The molecule has 1 saturated carbocycles. The Morgan fingerprint density at radius 1 is 1.37 bits per heavy atom. The lowest BCUT2D eigenvalue weighted by Crippen LogP contribution is -2.40. The van der Waals surface area contributed by atoms with E-state index in [9.17, 15) is 5.11 Å². The van der Waals surface area contributed by atoms with Crippen LogP contribution in [-0.2, 0) is 11.2 Å². The van der Waals surface area contributed by atoms with Gasteiger partial charge in [-0.05, 0) is 37.7 Å². The van der Waals surface area contributed by atoms with Crippen LogP contribution in [0.1, 0.15) is 49.3 Å². The minimum Gasteiger partial charge on any atom is -0.493 e. The topological polar surface area (TPSA) is 38.7 Å². The van der Waals surface area contributed by atoms with E-state index >= 15 is 0 Å². The normalized spacial score (nSPS) is 22.0. The van der Waals surface area contributed by atoms with Gasteiger partial charge in [-0.15, -0.1) is 0 Å². The van der Waals surface area contributed by atoms with Gasteiger partial charge in [0.1, 0.15) is 5.75 Å². The standard InChI is InChI=1S/C16H22O3/c1-18-16(8-4-9-16)11-14(17)13-7-2-5-12-6-3-10-19-15(12)13/h2,5,7,14,17H,3-4,6,8-11H2,1H3. The molecule has 0 amide bonds. The molecule has 3 nitrogen and oxygen atoms in total. The van der Waals surface area contributed by atoms with Crippen LogP contribution in [0.3, 0.4) is 0 Å². The summed E-state index contributed by atoms with van der Waals surface area (Å²) in [6.07, 6.45) is 5.59. The molecule has 1 aliphatic heterocycles. The predicted octanol–water partition coefficient (Wildman–Crippen LogP) is 3.00. The summed E-state index contributed by atoms with van der Waals surface area (Å²) < 4.78 is 11.4. The van der Waals surface area contributed by atoms with Crippen molar-refractivity contribution in [1.82, 2.24) is 0 Å². The Morgan fingerprint density at radius 2 is 2.21 bits per heavy atom. The van der Waals surface area contributed by atoms with Crippen molar-refractivity contribution in [3.05, 3.63) is 29.3 Å². The quantitative estimate of drug-likeness (QED) is 0.906. The summed E-state index contributed by atoms with van der Waals surface area (Å²) in [4.78, 5) is 0. The summed E-state index contributed by atoms with van der Waals surface area (Å²) in [5.41, 5.74) is 2.04. The third-order valence-corrected chi connectivity index (χ3v) is 4.59. The number of aliphatic hydroxyl groups is 1.